The van der Waals surface area contributed by atoms with Crippen molar-refractivity contribution < 1.29 is 19.4 Å². The monoisotopic (exact) mass is 526 g/mol. The second kappa shape index (κ2) is 9.40. The SMILES string of the molecule is COc1ccc2nc(N3C(=O)C(=O)C(=C(O)c4cc(C)ccc4C)C3c3ccc(C(C)(C)C)cc3)sc2c1. The van der Waals surface area contributed by atoms with Gasteiger partial charge in [0.2, 0.25) is 0 Å². The number of methoxy groups -OCH3 is 1. The number of benzene rings is 3. The highest BCUT2D eigenvalue weighted by Crippen LogP contribution is 2.45. The Morgan fingerprint density at radius 2 is 1.71 bits per heavy atom. The van der Waals surface area contributed by atoms with Crippen LogP contribution < -0.4 is 9.64 Å². The van der Waals surface area contributed by atoms with Gasteiger partial charge in [-0.3, -0.25) is 14.5 Å². The number of Topliss-reactive ketones (excluding diaryl/α,β-unsaturated/α-hetero) is 1. The number of aliphatic hydroxyl groups excluding tert-OH is 1. The standard InChI is InChI=1S/C31H30N2O4S/c1-17-7-8-18(2)22(15-17)27(34)25-26(19-9-11-20(12-10-19)31(3,4)5)33(29(36)28(25)35)30-32-23-14-13-21(37-6)16-24(23)38-30/h7-16,26,34H,1-6H3. The third-order valence-electron chi connectivity index (χ3n) is 6.98. The highest BCUT2D eigenvalue weighted by Gasteiger charge is 2.48. The highest BCUT2D eigenvalue weighted by atomic mass is 32.1. The van der Waals surface area contributed by atoms with Crippen LogP contribution in [0, 0.1) is 13.8 Å². The molecule has 5 rings (SSSR count). The molecule has 3 aromatic carbocycles. The van der Waals surface area contributed by atoms with Crippen molar-refractivity contribution in [2.24, 2.45) is 0 Å². The quantitative estimate of drug-likeness (QED) is 0.179. The number of amides is 1. The average Bonchev–Trinajstić information content (AvgIpc) is 3.42. The number of thiazole rings is 1. The van der Waals surface area contributed by atoms with Crippen molar-refractivity contribution in [3.8, 4) is 5.75 Å². The number of hydrogen-bond acceptors (Lipinski definition) is 6. The smallest absolute Gasteiger partial charge is 0.301 e. The van der Waals surface area contributed by atoms with E-state index in [0.29, 0.717) is 22.0 Å². The van der Waals surface area contributed by atoms with Crippen LogP contribution in [0.3, 0.4) is 0 Å². The van der Waals surface area contributed by atoms with Crippen molar-refractivity contribution >= 4 is 44.1 Å². The lowest BCUT2D eigenvalue weighted by molar-refractivity contribution is -0.132. The van der Waals surface area contributed by atoms with E-state index in [-0.39, 0.29) is 16.7 Å². The fraction of sp³-hybridized carbons (Fsp3) is 0.258. The summed E-state index contributed by atoms with van der Waals surface area (Å²) in [4.78, 5) is 33.3. The number of ether oxygens (including phenoxy) is 1. The number of aryl methyl sites for hydroxylation is 2. The molecule has 1 aliphatic rings. The van der Waals surface area contributed by atoms with E-state index in [1.807, 2.05) is 74.5 Å². The maximum Gasteiger partial charge on any atom is 0.301 e. The van der Waals surface area contributed by atoms with Crippen LogP contribution >= 0.6 is 11.3 Å². The van der Waals surface area contributed by atoms with Gasteiger partial charge in [0.1, 0.15) is 11.5 Å². The molecule has 1 N–H and O–H groups in total. The first kappa shape index (κ1) is 25.7. The van der Waals surface area contributed by atoms with Crippen LogP contribution in [0.5, 0.6) is 5.75 Å². The van der Waals surface area contributed by atoms with E-state index in [4.69, 9.17) is 9.72 Å². The topological polar surface area (TPSA) is 79.7 Å². The number of aromatic nitrogens is 1. The van der Waals surface area contributed by atoms with E-state index < -0.39 is 17.7 Å². The zero-order chi connectivity index (χ0) is 27.4. The van der Waals surface area contributed by atoms with Crippen LogP contribution in [0.1, 0.15) is 54.6 Å². The molecule has 6 nitrogen and oxygen atoms in total. The minimum absolute atomic E-state index is 0.0593. The summed E-state index contributed by atoms with van der Waals surface area (Å²) >= 11 is 1.31. The van der Waals surface area contributed by atoms with Gasteiger partial charge in [0, 0.05) is 5.56 Å². The number of fused-ring (bicyclic) bond motifs is 1. The molecule has 194 valence electrons. The summed E-state index contributed by atoms with van der Waals surface area (Å²) in [6.45, 7) is 10.2. The summed E-state index contributed by atoms with van der Waals surface area (Å²) in [7, 11) is 1.59. The van der Waals surface area contributed by atoms with Crippen molar-refractivity contribution in [3.63, 3.8) is 0 Å². The van der Waals surface area contributed by atoms with E-state index in [2.05, 4.69) is 20.8 Å². The Labute approximate surface area is 226 Å². The third kappa shape index (κ3) is 4.37. The van der Waals surface area contributed by atoms with Gasteiger partial charge in [-0.05, 0) is 60.2 Å². The number of hydrogen-bond donors (Lipinski definition) is 1. The van der Waals surface area contributed by atoms with E-state index >= 15 is 0 Å². The van der Waals surface area contributed by atoms with Crippen molar-refractivity contribution in [1.82, 2.24) is 4.98 Å². The molecule has 0 aliphatic carbocycles. The van der Waals surface area contributed by atoms with Crippen LogP contribution in [0.2, 0.25) is 0 Å². The van der Waals surface area contributed by atoms with E-state index in [9.17, 15) is 14.7 Å². The second-order valence-corrected chi connectivity index (χ2v) is 11.7. The molecule has 1 unspecified atom stereocenters. The van der Waals surface area contributed by atoms with E-state index in [1.165, 1.54) is 16.2 Å². The van der Waals surface area contributed by atoms with Crippen LogP contribution in [-0.4, -0.2) is 28.9 Å². The molecule has 0 radical (unpaired) electrons. The van der Waals surface area contributed by atoms with Gasteiger partial charge in [0.25, 0.3) is 5.78 Å². The largest absolute Gasteiger partial charge is 0.507 e. The highest BCUT2D eigenvalue weighted by molar-refractivity contribution is 7.22. The van der Waals surface area contributed by atoms with E-state index in [1.54, 1.807) is 7.11 Å². The van der Waals surface area contributed by atoms with Crippen LogP contribution in [0.15, 0.2) is 66.2 Å². The number of anilines is 1. The summed E-state index contributed by atoms with van der Waals surface area (Å²) in [6.07, 6.45) is 0. The van der Waals surface area contributed by atoms with Crippen molar-refractivity contribution in [3.05, 3.63) is 94.1 Å². The van der Waals surface area contributed by atoms with Gasteiger partial charge < -0.3 is 9.84 Å². The van der Waals surface area contributed by atoms with Crippen LogP contribution in [-0.2, 0) is 15.0 Å². The molecule has 1 fully saturated rings. The molecule has 0 spiro atoms. The number of rotatable bonds is 4. The Morgan fingerprint density at radius 1 is 1.00 bits per heavy atom. The first-order valence-electron chi connectivity index (χ1n) is 12.4. The normalized spacial score (nSPS) is 17.4. The Balaban J connectivity index is 1.73. The number of carbonyl (C=O) groups is 2. The fourth-order valence-electron chi connectivity index (χ4n) is 4.77. The lowest BCUT2D eigenvalue weighted by Gasteiger charge is -2.25. The Kier molecular flexibility index (Phi) is 6.35. The summed E-state index contributed by atoms with van der Waals surface area (Å²) in [5.74, 6) is -0.948. The van der Waals surface area contributed by atoms with Gasteiger partial charge in [-0.2, -0.15) is 0 Å². The summed E-state index contributed by atoms with van der Waals surface area (Å²) in [5.41, 5.74) is 4.83. The zero-order valence-corrected chi connectivity index (χ0v) is 23.1. The first-order chi connectivity index (χ1) is 18.0. The summed E-state index contributed by atoms with van der Waals surface area (Å²) < 4.78 is 6.18. The minimum Gasteiger partial charge on any atom is -0.507 e. The molecule has 7 heteroatoms. The Bertz CT molecular complexity index is 1610. The van der Waals surface area contributed by atoms with E-state index in [0.717, 1.165) is 27.0 Å². The molecule has 1 amide bonds. The lowest BCUT2D eigenvalue weighted by atomic mass is 9.85. The molecule has 4 aromatic rings. The average molecular weight is 527 g/mol. The minimum atomic E-state index is -0.827. The third-order valence-corrected chi connectivity index (χ3v) is 7.99. The maximum absolute atomic E-state index is 13.6. The maximum atomic E-state index is 13.6. The Hall–Kier alpha value is -3.97. The summed E-state index contributed by atoms with van der Waals surface area (Å²) in [5, 5.41) is 11.9. The van der Waals surface area contributed by atoms with Gasteiger partial charge in [0.05, 0.1) is 28.9 Å². The summed E-state index contributed by atoms with van der Waals surface area (Å²) in [6, 6.07) is 18.2. The van der Waals surface area contributed by atoms with Crippen molar-refractivity contribution in [2.75, 3.05) is 12.0 Å². The second-order valence-electron chi connectivity index (χ2n) is 10.7. The number of carbonyl (C=O) groups excluding carboxylic acids is 2. The van der Waals surface area contributed by atoms with Gasteiger partial charge in [-0.15, -0.1) is 0 Å². The fourth-order valence-corrected chi connectivity index (χ4v) is 5.79. The Morgan fingerprint density at radius 3 is 2.37 bits per heavy atom. The number of aliphatic hydroxyl groups is 1. The predicted octanol–water partition coefficient (Wildman–Crippen LogP) is 6.85. The molecular weight excluding hydrogens is 496 g/mol. The molecule has 1 aliphatic heterocycles. The molecular formula is C31H30N2O4S. The number of nitrogens with zero attached hydrogens (tertiary/aromatic N) is 2. The lowest BCUT2D eigenvalue weighted by Crippen LogP contribution is -2.29. The molecule has 1 aromatic heterocycles. The van der Waals surface area contributed by atoms with Gasteiger partial charge in [-0.25, -0.2) is 4.98 Å². The molecule has 2 heterocycles. The number of ketones is 1. The molecule has 0 bridgehead atoms. The molecule has 1 atom stereocenters. The van der Waals surface area contributed by atoms with Crippen LogP contribution in [0.25, 0.3) is 16.0 Å². The van der Waals surface area contributed by atoms with Crippen LogP contribution in [0.4, 0.5) is 5.13 Å². The van der Waals surface area contributed by atoms with Crippen molar-refractivity contribution in [1.29, 1.82) is 0 Å². The van der Waals surface area contributed by atoms with Gasteiger partial charge in [0.15, 0.2) is 5.13 Å². The zero-order valence-electron chi connectivity index (χ0n) is 22.3. The molecule has 38 heavy (non-hydrogen) atoms. The van der Waals surface area contributed by atoms with Gasteiger partial charge >= 0.3 is 5.91 Å². The van der Waals surface area contributed by atoms with Crippen molar-refractivity contribution in [2.45, 2.75) is 46.1 Å². The predicted molar refractivity (Wildman–Crippen MR) is 152 cm³/mol. The first-order valence-corrected chi connectivity index (χ1v) is 13.2. The van der Waals surface area contributed by atoms with Gasteiger partial charge in [-0.1, -0.05) is 74.1 Å². The molecule has 1 saturated heterocycles. The molecule has 0 saturated carbocycles.